The molecule has 4 nitrogen and oxygen atoms in total. The third kappa shape index (κ3) is 4.44. The van der Waals surface area contributed by atoms with E-state index in [4.69, 9.17) is 0 Å². The lowest BCUT2D eigenvalue weighted by Gasteiger charge is -2.43. The van der Waals surface area contributed by atoms with Gasteiger partial charge in [-0.2, -0.15) is 0 Å². The second-order valence-electron chi connectivity index (χ2n) is 8.11. The normalized spacial score (nSPS) is 30.0. The first-order chi connectivity index (χ1) is 12.5. The van der Waals surface area contributed by atoms with Crippen molar-refractivity contribution in [3.8, 4) is 0 Å². The topological polar surface area (TPSA) is 46.6 Å². The van der Waals surface area contributed by atoms with Gasteiger partial charge in [-0.05, 0) is 56.5 Å². The summed E-state index contributed by atoms with van der Waals surface area (Å²) >= 11 is -0.938. The summed E-state index contributed by atoms with van der Waals surface area (Å²) in [6.45, 7) is 2.24. The quantitative estimate of drug-likeness (QED) is 0.743. The Labute approximate surface area is 161 Å². The van der Waals surface area contributed by atoms with Crippen LogP contribution in [-0.2, 0) is 22.4 Å². The molecule has 1 aliphatic carbocycles. The van der Waals surface area contributed by atoms with Gasteiger partial charge in [-0.1, -0.05) is 36.8 Å². The molecule has 0 N–H and O–H groups in total. The lowest BCUT2D eigenvalue weighted by Crippen LogP contribution is -2.50. The van der Waals surface area contributed by atoms with Gasteiger partial charge in [0.2, 0.25) is 5.91 Å². The molecule has 1 amide bonds. The number of nitrogens with zero attached hydrogens (tertiary/aromatic N) is 2. The lowest BCUT2D eigenvalue weighted by molar-refractivity contribution is -0.132. The summed E-state index contributed by atoms with van der Waals surface area (Å²) in [5.41, 5.74) is 1.30. The van der Waals surface area contributed by atoms with Crippen LogP contribution in [0.1, 0.15) is 37.7 Å². The first-order valence-electron chi connectivity index (χ1n) is 9.86. The monoisotopic (exact) mass is 376 g/mol. The van der Waals surface area contributed by atoms with Gasteiger partial charge in [-0.3, -0.25) is 4.79 Å². The van der Waals surface area contributed by atoms with Crippen molar-refractivity contribution in [3.05, 3.63) is 35.9 Å². The van der Waals surface area contributed by atoms with Gasteiger partial charge in [0.15, 0.2) is 0 Å². The Morgan fingerprint density at radius 2 is 2.04 bits per heavy atom. The molecule has 1 aromatic rings. The van der Waals surface area contributed by atoms with E-state index >= 15 is 0 Å². The molecule has 3 unspecified atom stereocenters. The van der Waals surface area contributed by atoms with E-state index in [1.165, 1.54) is 12.0 Å². The third-order valence-electron chi connectivity index (χ3n) is 6.09. The maximum atomic E-state index is 13.3. The Balaban J connectivity index is 1.78. The van der Waals surface area contributed by atoms with E-state index in [1.54, 1.807) is 0 Å². The number of amides is 1. The smallest absolute Gasteiger partial charge is 0.228 e. The lowest BCUT2D eigenvalue weighted by atomic mass is 9.73. The zero-order valence-electron chi connectivity index (χ0n) is 16.2. The molecule has 2 aliphatic rings. The van der Waals surface area contributed by atoms with Crippen LogP contribution in [0.2, 0.25) is 0 Å². The molecule has 0 radical (unpaired) electrons. The van der Waals surface area contributed by atoms with Crippen LogP contribution in [-0.4, -0.2) is 64.5 Å². The van der Waals surface area contributed by atoms with Gasteiger partial charge in [0.1, 0.15) is 10.5 Å². The minimum Gasteiger partial charge on any atom is -0.616 e. The fourth-order valence-electron chi connectivity index (χ4n) is 4.53. The second-order valence-corrected chi connectivity index (χ2v) is 10.0. The first-order valence-corrected chi connectivity index (χ1v) is 11.2. The summed E-state index contributed by atoms with van der Waals surface area (Å²) in [5, 5.41) is 0. The number of likely N-dealkylation sites (N-methyl/N-ethyl adjacent to an activating group) is 1. The van der Waals surface area contributed by atoms with Crippen molar-refractivity contribution in [1.29, 1.82) is 0 Å². The average molecular weight is 377 g/mol. The molecule has 3 rings (SSSR count). The van der Waals surface area contributed by atoms with Gasteiger partial charge < -0.3 is 14.4 Å². The van der Waals surface area contributed by atoms with Crippen molar-refractivity contribution < 1.29 is 9.35 Å². The molecule has 5 heteroatoms. The predicted octanol–water partition coefficient (Wildman–Crippen LogP) is 2.70. The van der Waals surface area contributed by atoms with Gasteiger partial charge in [0.05, 0.1) is 13.0 Å². The minimum absolute atomic E-state index is 0.206. The van der Waals surface area contributed by atoms with Crippen molar-refractivity contribution >= 4 is 17.1 Å². The van der Waals surface area contributed by atoms with E-state index in [-0.39, 0.29) is 10.7 Å². The highest BCUT2D eigenvalue weighted by Gasteiger charge is 2.53. The van der Waals surface area contributed by atoms with Crippen LogP contribution in [0.3, 0.4) is 0 Å². The number of carbonyl (C=O) groups excluding carboxylic acids is 1. The molecule has 0 bridgehead atoms. The standard InChI is InChI=1S/C21H32N2O2S/c1-22(2)12-13-23-14-15-26(25)21(17-20(23)24)11-7-6-10-19(21)16-18-8-4-3-5-9-18/h3-5,8-9,19H,6-7,10-17H2,1-2H3. The Morgan fingerprint density at radius 1 is 1.27 bits per heavy atom. The van der Waals surface area contributed by atoms with Crippen molar-refractivity contribution in [1.82, 2.24) is 9.80 Å². The highest BCUT2D eigenvalue weighted by molar-refractivity contribution is 7.92. The summed E-state index contributed by atoms with van der Waals surface area (Å²) in [5.74, 6) is 1.18. The third-order valence-corrected chi connectivity index (χ3v) is 8.23. The molecule has 26 heavy (non-hydrogen) atoms. The summed E-state index contributed by atoms with van der Waals surface area (Å²) in [4.78, 5) is 17.1. The van der Waals surface area contributed by atoms with Crippen molar-refractivity contribution in [2.45, 2.75) is 43.3 Å². The van der Waals surface area contributed by atoms with Gasteiger partial charge >= 0.3 is 0 Å². The van der Waals surface area contributed by atoms with E-state index in [0.29, 0.717) is 24.6 Å². The van der Waals surface area contributed by atoms with Crippen molar-refractivity contribution in [2.75, 3.05) is 39.5 Å². The number of hydrogen-bond donors (Lipinski definition) is 0. The summed E-state index contributed by atoms with van der Waals surface area (Å²) in [6, 6.07) is 10.5. The first kappa shape index (κ1) is 19.7. The highest BCUT2D eigenvalue weighted by Crippen LogP contribution is 2.46. The maximum Gasteiger partial charge on any atom is 0.228 e. The van der Waals surface area contributed by atoms with Crippen LogP contribution in [0.25, 0.3) is 0 Å². The van der Waals surface area contributed by atoms with E-state index in [0.717, 1.165) is 38.8 Å². The van der Waals surface area contributed by atoms with Crippen LogP contribution in [0, 0.1) is 5.92 Å². The van der Waals surface area contributed by atoms with Crippen LogP contribution in [0.4, 0.5) is 0 Å². The Hall–Kier alpha value is -1.04. The number of hydrogen-bond acceptors (Lipinski definition) is 3. The van der Waals surface area contributed by atoms with Gasteiger partial charge in [0, 0.05) is 19.0 Å². The van der Waals surface area contributed by atoms with Gasteiger partial charge in [-0.25, -0.2) is 0 Å². The van der Waals surface area contributed by atoms with Crippen LogP contribution in [0.15, 0.2) is 30.3 Å². The molecule has 1 aliphatic heterocycles. The number of benzene rings is 1. The molecule has 1 spiro atoms. The number of carbonyl (C=O) groups is 1. The van der Waals surface area contributed by atoms with E-state index in [9.17, 15) is 9.35 Å². The molecule has 144 valence electrons. The zero-order chi connectivity index (χ0) is 18.6. The van der Waals surface area contributed by atoms with E-state index in [2.05, 4.69) is 29.2 Å². The molecule has 1 heterocycles. The summed E-state index contributed by atoms with van der Waals surface area (Å²) < 4.78 is 13.0. The van der Waals surface area contributed by atoms with Gasteiger partial charge in [-0.15, -0.1) is 0 Å². The Morgan fingerprint density at radius 3 is 2.77 bits per heavy atom. The van der Waals surface area contributed by atoms with Gasteiger partial charge in [0.25, 0.3) is 0 Å². The van der Waals surface area contributed by atoms with E-state index < -0.39 is 11.2 Å². The molecule has 0 aromatic heterocycles. The molecule has 2 fully saturated rings. The molecule has 1 saturated heterocycles. The molecular weight excluding hydrogens is 344 g/mol. The maximum absolute atomic E-state index is 13.3. The predicted molar refractivity (Wildman–Crippen MR) is 108 cm³/mol. The minimum atomic E-state index is -0.938. The summed E-state index contributed by atoms with van der Waals surface area (Å²) in [7, 11) is 4.05. The fourth-order valence-corrected chi connectivity index (χ4v) is 6.55. The van der Waals surface area contributed by atoms with E-state index in [1.807, 2.05) is 25.1 Å². The molecule has 1 aromatic carbocycles. The number of rotatable bonds is 5. The average Bonchev–Trinajstić information content (AvgIpc) is 2.74. The van der Waals surface area contributed by atoms with Crippen LogP contribution < -0.4 is 0 Å². The van der Waals surface area contributed by atoms with Crippen molar-refractivity contribution in [3.63, 3.8) is 0 Å². The zero-order valence-corrected chi connectivity index (χ0v) is 17.0. The molecule has 3 atom stereocenters. The van der Waals surface area contributed by atoms with Crippen LogP contribution >= 0.6 is 0 Å². The molecular formula is C21H32N2O2S. The SMILES string of the molecule is CN(C)CCN1CC[S+]([O-])C2(CCCCC2Cc2ccccc2)CC1=O. The highest BCUT2D eigenvalue weighted by atomic mass is 32.2. The fraction of sp³-hybridized carbons (Fsp3) is 0.667. The largest absolute Gasteiger partial charge is 0.616 e. The summed E-state index contributed by atoms with van der Waals surface area (Å²) in [6.07, 6.45) is 5.72. The second kappa shape index (κ2) is 8.77. The Kier molecular flexibility index (Phi) is 6.65. The Bertz CT molecular complexity index is 595. The van der Waals surface area contributed by atoms with Crippen molar-refractivity contribution in [2.24, 2.45) is 5.92 Å². The van der Waals surface area contributed by atoms with Crippen LogP contribution in [0.5, 0.6) is 0 Å². The molecule has 1 saturated carbocycles.